The van der Waals surface area contributed by atoms with Gasteiger partial charge in [-0.2, -0.15) is 0 Å². The highest BCUT2D eigenvalue weighted by Gasteiger charge is 2.87. The third-order valence-corrected chi connectivity index (χ3v) is 7.11. The Bertz CT molecular complexity index is 408. The molecule has 1 N–H and O–H groups in total. The number of hydrogen-bond acceptors (Lipinski definition) is 2. The minimum Gasteiger partial charge on any atom is -0.391 e. The molecule has 6 fully saturated rings. The predicted molar refractivity (Wildman–Crippen MR) is 53.3 cm³/mol. The first kappa shape index (κ1) is 8.08. The fraction of sp³-hybridized carbons (Fsp3) is 0.917. The number of ketones is 1. The van der Waals surface area contributed by atoms with Crippen LogP contribution in [-0.2, 0) is 4.79 Å². The second-order valence-corrected chi connectivity index (χ2v) is 6.92. The molecule has 6 rings (SSSR count). The van der Waals surface area contributed by atoms with E-state index in [1.165, 1.54) is 12.8 Å². The van der Waals surface area contributed by atoms with Crippen LogP contribution < -0.4 is 0 Å². The van der Waals surface area contributed by atoms with Crippen molar-refractivity contribution in [2.45, 2.75) is 23.8 Å². The van der Waals surface area contributed by atoms with Gasteiger partial charge in [0, 0.05) is 11.8 Å². The lowest BCUT2D eigenvalue weighted by Gasteiger charge is -2.52. The van der Waals surface area contributed by atoms with Crippen LogP contribution in [0, 0.1) is 41.4 Å². The molecule has 6 aliphatic rings. The average Bonchev–Trinajstić information content (AvgIpc) is 2.78. The van der Waals surface area contributed by atoms with Crippen molar-refractivity contribution in [1.82, 2.24) is 0 Å². The molecule has 6 saturated carbocycles. The molecule has 9 atom stereocenters. The SMILES string of the molecule is O=C1C2C3CCC4C5C3C1C(Cl)(C5O)C42. The van der Waals surface area contributed by atoms with Crippen LogP contribution in [-0.4, -0.2) is 21.9 Å². The van der Waals surface area contributed by atoms with E-state index in [2.05, 4.69) is 0 Å². The van der Waals surface area contributed by atoms with Crippen LogP contribution in [0.2, 0.25) is 0 Å². The van der Waals surface area contributed by atoms with Crippen molar-refractivity contribution in [2.75, 3.05) is 0 Å². The molecule has 3 heteroatoms. The van der Waals surface area contributed by atoms with E-state index in [0.717, 1.165) is 0 Å². The maximum atomic E-state index is 12.2. The van der Waals surface area contributed by atoms with Gasteiger partial charge >= 0.3 is 0 Å². The van der Waals surface area contributed by atoms with Crippen molar-refractivity contribution in [3.63, 3.8) is 0 Å². The van der Waals surface area contributed by atoms with E-state index in [1.807, 2.05) is 0 Å². The largest absolute Gasteiger partial charge is 0.391 e. The number of carbonyl (C=O) groups excluding carboxylic acids is 1. The second kappa shape index (κ2) is 1.91. The Hall–Kier alpha value is -0.0800. The first-order valence-corrected chi connectivity index (χ1v) is 6.46. The third-order valence-electron chi connectivity index (χ3n) is 6.40. The van der Waals surface area contributed by atoms with E-state index < -0.39 is 4.87 Å². The van der Waals surface area contributed by atoms with Gasteiger partial charge in [-0.05, 0) is 42.4 Å². The van der Waals surface area contributed by atoms with E-state index >= 15 is 0 Å². The summed E-state index contributed by atoms with van der Waals surface area (Å²) in [6.07, 6.45) is 2.04. The summed E-state index contributed by atoms with van der Waals surface area (Å²) in [6, 6.07) is 0. The van der Waals surface area contributed by atoms with E-state index in [0.29, 0.717) is 35.4 Å². The van der Waals surface area contributed by atoms with Gasteiger partial charge in [0.05, 0.1) is 11.0 Å². The van der Waals surface area contributed by atoms with Crippen LogP contribution in [0.5, 0.6) is 0 Å². The summed E-state index contributed by atoms with van der Waals surface area (Å²) >= 11 is 6.65. The van der Waals surface area contributed by atoms with Crippen molar-refractivity contribution in [2.24, 2.45) is 41.4 Å². The first-order valence-electron chi connectivity index (χ1n) is 6.08. The summed E-state index contributed by atoms with van der Waals surface area (Å²) in [4.78, 5) is 11.7. The summed E-state index contributed by atoms with van der Waals surface area (Å²) in [7, 11) is 0. The van der Waals surface area contributed by atoms with Crippen LogP contribution in [0.4, 0.5) is 0 Å². The fourth-order valence-electron chi connectivity index (χ4n) is 6.41. The number of aliphatic hydroxyl groups is 1. The Kier molecular flexibility index (Phi) is 1.03. The Balaban J connectivity index is 1.87. The maximum absolute atomic E-state index is 12.2. The molecule has 0 saturated heterocycles. The zero-order valence-corrected chi connectivity index (χ0v) is 9.02. The van der Waals surface area contributed by atoms with Gasteiger partial charge in [-0.15, -0.1) is 11.6 Å². The van der Waals surface area contributed by atoms with Gasteiger partial charge in [0.2, 0.25) is 0 Å². The highest BCUT2D eigenvalue weighted by molar-refractivity contribution is 6.29. The van der Waals surface area contributed by atoms with Gasteiger partial charge in [0.15, 0.2) is 0 Å². The molecular weight excluding hydrogens is 212 g/mol. The molecule has 0 aromatic rings. The summed E-state index contributed by atoms with van der Waals surface area (Å²) in [5.41, 5.74) is 0. The van der Waals surface area contributed by atoms with E-state index in [1.54, 1.807) is 0 Å². The lowest BCUT2D eigenvalue weighted by Crippen LogP contribution is -2.51. The maximum Gasteiger partial charge on any atom is 0.141 e. The van der Waals surface area contributed by atoms with Crippen LogP contribution in [0.3, 0.4) is 0 Å². The molecule has 0 radical (unpaired) electrons. The molecule has 0 aliphatic heterocycles. The molecule has 9 unspecified atom stereocenters. The monoisotopic (exact) mass is 224 g/mol. The topological polar surface area (TPSA) is 37.3 Å². The number of aliphatic hydroxyl groups excluding tert-OH is 1. The number of rotatable bonds is 0. The number of alkyl halides is 1. The van der Waals surface area contributed by atoms with E-state index in [-0.39, 0.29) is 17.9 Å². The standard InChI is InChI=1S/C12H13ClO2/c13-12-8-4-2-1-3-5(6(4)11(12)15)9(12)10(14)7(3)8/h3-9,11,15H,1-2H2. The van der Waals surface area contributed by atoms with Gasteiger partial charge < -0.3 is 5.11 Å². The summed E-state index contributed by atoms with van der Waals surface area (Å²) in [6.45, 7) is 0. The molecule has 80 valence electrons. The van der Waals surface area contributed by atoms with Crippen molar-refractivity contribution < 1.29 is 9.90 Å². The third kappa shape index (κ3) is 0.500. The van der Waals surface area contributed by atoms with Gasteiger partial charge in [-0.1, -0.05) is 0 Å². The average molecular weight is 225 g/mol. The normalized spacial score (nSPS) is 76.5. The quantitative estimate of drug-likeness (QED) is 0.625. The van der Waals surface area contributed by atoms with Crippen LogP contribution in [0.25, 0.3) is 0 Å². The van der Waals surface area contributed by atoms with Crippen LogP contribution in [0.1, 0.15) is 12.8 Å². The Labute approximate surface area is 93.0 Å². The first-order chi connectivity index (χ1) is 7.17. The molecule has 0 heterocycles. The summed E-state index contributed by atoms with van der Waals surface area (Å²) < 4.78 is 0. The van der Waals surface area contributed by atoms with Gasteiger partial charge in [0.1, 0.15) is 5.78 Å². The van der Waals surface area contributed by atoms with Crippen LogP contribution in [0.15, 0.2) is 0 Å². The molecule has 0 spiro atoms. The number of fused-ring (bicyclic) bond motifs is 1. The van der Waals surface area contributed by atoms with Crippen molar-refractivity contribution in [1.29, 1.82) is 0 Å². The lowest BCUT2D eigenvalue weighted by atomic mass is 9.53. The molecule has 0 amide bonds. The number of hydrogen-bond donors (Lipinski definition) is 1. The van der Waals surface area contributed by atoms with Gasteiger partial charge in [-0.25, -0.2) is 0 Å². The second-order valence-electron chi connectivity index (χ2n) is 6.26. The Morgan fingerprint density at radius 2 is 2.00 bits per heavy atom. The zero-order valence-electron chi connectivity index (χ0n) is 8.27. The van der Waals surface area contributed by atoms with E-state index in [4.69, 9.17) is 11.6 Å². The molecule has 15 heavy (non-hydrogen) atoms. The fourth-order valence-corrected chi connectivity index (χ4v) is 7.11. The lowest BCUT2D eigenvalue weighted by molar-refractivity contribution is -0.123. The zero-order chi connectivity index (χ0) is 10.1. The highest BCUT2D eigenvalue weighted by Crippen LogP contribution is 2.81. The molecule has 6 aliphatic carbocycles. The molecule has 6 bridgehead atoms. The number of Topliss-reactive ketones (excluding diaryl/α,β-unsaturated/α-hetero) is 1. The van der Waals surface area contributed by atoms with Crippen molar-refractivity contribution >= 4 is 17.4 Å². The predicted octanol–water partition coefficient (Wildman–Crippen LogP) is 1.06. The number of halogens is 1. The van der Waals surface area contributed by atoms with Gasteiger partial charge in [0.25, 0.3) is 0 Å². The summed E-state index contributed by atoms with van der Waals surface area (Å²) in [5.74, 6) is 3.00. The summed E-state index contributed by atoms with van der Waals surface area (Å²) in [5, 5.41) is 10.3. The van der Waals surface area contributed by atoms with Crippen molar-refractivity contribution in [3.05, 3.63) is 0 Å². The molecular formula is C12H13ClO2. The smallest absolute Gasteiger partial charge is 0.141 e. The minimum absolute atomic E-state index is 0.0238. The molecule has 0 aromatic carbocycles. The number of carbonyl (C=O) groups is 1. The Morgan fingerprint density at radius 1 is 1.27 bits per heavy atom. The Morgan fingerprint density at radius 3 is 2.73 bits per heavy atom. The highest BCUT2D eigenvalue weighted by atomic mass is 35.5. The molecule has 2 nitrogen and oxygen atoms in total. The van der Waals surface area contributed by atoms with Gasteiger partial charge in [-0.3, -0.25) is 4.79 Å². The molecule has 0 aromatic heterocycles. The van der Waals surface area contributed by atoms with Crippen molar-refractivity contribution in [3.8, 4) is 0 Å². The van der Waals surface area contributed by atoms with E-state index in [9.17, 15) is 9.90 Å². The minimum atomic E-state index is -0.529. The van der Waals surface area contributed by atoms with Crippen LogP contribution >= 0.6 is 11.6 Å².